The molecule has 1 aliphatic rings. The summed E-state index contributed by atoms with van der Waals surface area (Å²) >= 11 is 0. The molecule has 1 aromatic rings. The van der Waals surface area contributed by atoms with Crippen LogP contribution in [0.3, 0.4) is 0 Å². The Morgan fingerprint density at radius 1 is 1.29 bits per heavy atom. The average molecular weight is 236 g/mol. The number of rotatable bonds is 3. The van der Waals surface area contributed by atoms with Gasteiger partial charge in [0.05, 0.1) is 0 Å². The molecule has 2 rings (SSSR count). The lowest BCUT2D eigenvalue weighted by atomic mass is 9.88. The lowest BCUT2D eigenvalue weighted by Gasteiger charge is -2.21. The summed E-state index contributed by atoms with van der Waals surface area (Å²) in [5.74, 6) is -0.176. The molecule has 0 unspecified atom stereocenters. The fraction of sp³-hybridized carbons (Fsp3) is 0.250. The van der Waals surface area contributed by atoms with E-state index < -0.39 is 7.47 Å². The molecule has 5 heteroatoms. The van der Waals surface area contributed by atoms with Gasteiger partial charge in [0.2, 0.25) is 0 Å². The van der Waals surface area contributed by atoms with Crippen molar-refractivity contribution in [3.63, 3.8) is 0 Å². The number of hydrogen-bond acceptors (Lipinski definition) is 2. The molecule has 17 heavy (non-hydrogen) atoms. The van der Waals surface area contributed by atoms with Gasteiger partial charge in [0.1, 0.15) is 5.76 Å². The van der Waals surface area contributed by atoms with Gasteiger partial charge in [0, 0.05) is 11.1 Å². The Morgan fingerprint density at radius 3 is 2.65 bits per heavy atom. The van der Waals surface area contributed by atoms with Crippen LogP contribution in [0.15, 0.2) is 29.8 Å². The van der Waals surface area contributed by atoms with E-state index in [2.05, 4.69) is 4.65 Å². The minimum Gasteiger partial charge on any atom is -0.504 e. The van der Waals surface area contributed by atoms with Gasteiger partial charge in [-0.3, -0.25) is 4.79 Å². The van der Waals surface area contributed by atoms with Crippen molar-refractivity contribution in [3.05, 3.63) is 41.0 Å². The lowest BCUT2D eigenvalue weighted by molar-refractivity contribution is -0.113. The minimum absolute atomic E-state index is 0.0364. The van der Waals surface area contributed by atoms with E-state index in [9.17, 15) is 13.4 Å². The Labute approximate surface area is 98.5 Å². The van der Waals surface area contributed by atoms with Crippen LogP contribution in [0.1, 0.15) is 24.5 Å². The molecule has 88 valence electrons. The summed E-state index contributed by atoms with van der Waals surface area (Å²) in [6.45, 7) is 1.37. The average Bonchev–Trinajstić information content (AvgIpc) is 2.28. The van der Waals surface area contributed by atoms with Crippen LogP contribution in [0.5, 0.6) is 0 Å². The largest absolute Gasteiger partial charge is 0.796 e. The molecular formula is C12H11BF2O2. The third kappa shape index (κ3) is 2.38. The Balaban J connectivity index is 2.52. The van der Waals surface area contributed by atoms with Crippen LogP contribution in [0.4, 0.5) is 8.63 Å². The maximum Gasteiger partial charge on any atom is 0.796 e. The molecule has 0 radical (unpaired) electrons. The first-order chi connectivity index (χ1) is 8.09. The summed E-state index contributed by atoms with van der Waals surface area (Å²) in [7, 11) is -2.91. The van der Waals surface area contributed by atoms with Gasteiger partial charge in [-0.25, -0.2) is 8.63 Å². The second kappa shape index (κ2) is 4.69. The molecule has 0 saturated heterocycles. The molecule has 0 saturated carbocycles. The van der Waals surface area contributed by atoms with Crippen LogP contribution in [0.2, 0.25) is 0 Å². The van der Waals surface area contributed by atoms with E-state index in [1.54, 1.807) is 12.1 Å². The number of halogens is 2. The first-order valence-electron chi connectivity index (χ1n) is 5.36. The normalized spacial score (nSPS) is 14.3. The third-order valence-electron chi connectivity index (χ3n) is 2.81. The van der Waals surface area contributed by atoms with Crippen molar-refractivity contribution < 1.29 is 18.1 Å². The molecule has 0 fully saturated rings. The highest BCUT2D eigenvalue weighted by molar-refractivity contribution is 6.36. The number of aryl methyl sites for hydroxylation is 1. The Morgan fingerprint density at radius 2 is 2.00 bits per heavy atom. The first kappa shape index (κ1) is 11.8. The predicted octanol–water partition coefficient (Wildman–Crippen LogP) is 2.87. The topological polar surface area (TPSA) is 26.3 Å². The standard InChI is InChI=1S/C12H11BF2O2/c1-8(16)10-7-6-9-4-2-3-5-11(9)12(10)17-13(14)15/h2-5H,6-7H2,1H3. The molecule has 2 nitrogen and oxygen atoms in total. The number of fused-ring (bicyclic) bond motifs is 1. The predicted molar refractivity (Wildman–Crippen MR) is 61.4 cm³/mol. The SMILES string of the molecule is CC(=O)C1=C(OB(F)F)c2ccccc2CC1. The zero-order valence-electron chi connectivity index (χ0n) is 9.37. The number of benzene rings is 1. The van der Waals surface area contributed by atoms with Crippen molar-refractivity contribution >= 4 is 19.0 Å². The van der Waals surface area contributed by atoms with E-state index in [1.807, 2.05) is 12.1 Å². The number of allylic oxidation sites excluding steroid dienone is 1. The van der Waals surface area contributed by atoms with Crippen LogP contribution >= 0.6 is 0 Å². The van der Waals surface area contributed by atoms with Crippen LogP contribution in [-0.4, -0.2) is 13.3 Å². The highest BCUT2D eigenvalue weighted by atomic mass is 19.2. The zero-order valence-corrected chi connectivity index (χ0v) is 9.37. The molecule has 0 heterocycles. The third-order valence-corrected chi connectivity index (χ3v) is 2.81. The molecule has 0 N–H and O–H groups in total. The molecule has 1 aliphatic carbocycles. The maximum atomic E-state index is 12.4. The summed E-state index contributed by atoms with van der Waals surface area (Å²) in [4.78, 5) is 11.4. The van der Waals surface area contributed by atoms with E-state index in [0.717, 1.165) is 5.56 Å². The Kier molecular flexibility index (Phi) is 3.27. The number of hydrogen-bond donors (Lipinski definition) is 0. The van der Waals surface area contributed by atoms with E-state index in [0.29, 0.717) is 24.0 Å². The molecule has 0 spiro atoms. The fourth-order valence-electron chi connectivity index (χ4n) is 2.06. The monoisotopic (exact) mass is 236 g/mol. The van der Waals surface area contributed by atoms with Crippen molar-refractivity contribution in [3.8, 4) is 0 Å². The molecule has 0 aliphatic heterocycles. The second-order valence-electron chi connectivity index (χ2n) is 3.90. The van der Waals surface area contributed by atoms with Gasteiger partial charge in [-0.15, -0.1) is 0 Å². The number of ketones is 1. The van der Waals surface area contributed by atoms with Gasteiger partial charge in [-0.1, -0.05) is 24.3 Å². The lowest BCUT2D eigenvalue weighted by Crippen LogP contribution is -2.15. The zero-order chi connectivity index (χ0) is 12.4. The summed E-state index contributed by atoms with van der Waals surface area (Å²) in [6.07, 6.45) is 1.13. The molecule has 0 bridgehead atoms. The fourth-order valence-corrected chi connectivity index (χ4v) is 2.06. The van der Waals surface area contributed by atoms with Gasteiger partial charge in [-0.2, -0.15) is 0 Å². The Hall–Kier alpha value is -1.65. The van der Waals surface area contributed by atoms with E-state index in [4.69, 9.17) is 0 Å². The number of carbonyl (C=O) groups is 1. The van der Waals surface area contributed by atoms with Gasteiger partial charge in [-0.05, 0) is 25.3 Å². The highest BCUT2D eigenvalue weighted by Gasteiger charge is 2.28. The minimum atomic E-state index is -2.91. The van der Waals surface area contributed by atoms with Gasteiger partial charge < -0.3 is 4.65 Å². The van der Waals surface area contributed by atoms with E-state index in [-0.39, 0.29) is 11.5 Å². The molecular weight excluding hydrogens is 225 g/mol. The second-order valence-corrected chi connectivity index (χ2v) is 3.90. The van der Waals surface area contributed by atoms with Crippen molar-refractivity contribution in [2.45, 2.75) is 19.8 Å². The molecule has 1 aromatic carbocycles. The van der Waals surface area contributed by atoms with Crippen LogP contribution in [-0.2, 0) is 15.9 Å². The van der Waals surface area contributed by atoms with Crippen LogP contribution in [0, 0.1) is 0 Å². The van der Waals surface area contributed by atoms with Crippen LogP contribution < -0.4 is 0 Å². The summed E-state index contributed by atoms with van der Waals surface area (Å²) in [5.41, 5.74) is 1.89. The van der Waals surface area contributed by atoms with Crippen molar-refractivity contribution in [2.24, 2.45) is 0 Å². The number of Topliss-reactive ketones (excluding diaryl/α,β-unsaturated/α-hetero) is 1. The van der Waals surface area contributed by atoms with Gasteiger partial charge >= 0.3 is 7.47 Å². The summed E-state index contributed by atoms with van der Waals surface area (Å²) < 4.78 is 29.3. The summed E-state index contributed by atoms with van der Waals surface area (Å²) in [5, 5.41) is 0. The van der Waals surface area contributed by atoms with Gasteiger partial charge in [0.25, 0.3) is 0 Å². The van der Waals surface area contributed by atoms with Crippen molar-refractivity contribution in [1.82, 2.24) is 0 Å². The van der Waals surface area contributed by atoms with Crippen molar-refractivity contribution in [2.75, 3.05) is 0 Å². The van der Waals surface area contributed by atoms with E-state index >= 15 is 0 Å². The smallest absolute Gasteiger partial charge is 0.504 e. The van der Waals surface area contributed by atoms with Crippen molar-refractivity contribution in [1.29, 1.82) is 0 Å². The first-order valence-corrected chi connectivity index (χ1v) is 5.36. The number of carbonyl (C=O) groups excluding carboxylic acids is 1. The molecule has 0 aromatic heterocycles. The Bertz CT molecular complexity index is 483. The quantitative estimate of drug-likeness (QED) is 0.754. The molecule has 0 amide bonds. The van der Waals surface area contributed by atoms with Crippen LogP contribution in [0.25, 0.3) is 5.76 Å². The maximum absolute atomic E-state index is 12.4. The summed E-state index contributed by atoms with van der Waals surface area (Å²) in [6, 6.07) is 7.16. The van der Waals surface area contributed by atoms with E-state index in [1.165, 1.54) is 6.92 Å². The van der Waals surface area contributed by atoms with Gasteiger partial charge in [0.15, 0.2) is 5.78 Å². The molecule has 0 atom stereocenters. The highest BCUT2D eigenvalue weighted by Crippen LogP contribution is 2.33.